The van der Waals surface area contributed by atoms with Crippen LogP contribution in [-0.2, 0) is 9.59 Å². The Morgan fingerprint density at radius 1 is 1.21 bits per heavy atom. The molecular formula is C25H30N8O5+2. The van der Waals surface area contributed by atoms with Crippen molar-refractivity contribution in [2.45, 2.75) is 49.3 Å². The van der Waals surface area contributed by atoms with Crippen molar-refractivity contribution in [2.24, 2.45) is 11.5 Å². The zero-order chi connectivity index (χ0) is 27.0. The van der Waals surface area contributed by atoms with Crippen LogP contribution >= 0.6 is 0 Å². The largest absolute Gasteiger partial charge is 0.358 e. The fourth-order valence-corrected chi connectivity index (χ4v) is 6.24. The second-order valence-corrected chi connectivity index (χ2v) is 10.4. The summed E-state index contributed by atoms with van der Waals surface area (Å²) in [4.78, 5) is 42.2. The van der Waals surface area contributed by atoms with Gasteiger partial charge in [-0.1, -0.05) is 35.9 Å². The van der Waals surface area contributed by atoms with Crippen molar-refractivity contribution < 1.29 is 34.2 Å². The summed E-state index contributed by atoms with van der Waals surface area (Å²) in [6.45, 7) is 1.82. The van der Waals surface area contributed by atoms with E-state index in [0.29, 0.717) is 5.56 Å². The smallest absolute Gasteiger partial charge is 0.347 e. The first-order valence-electron chi connectivity index (χ1n) is 12.4. The number of amides is 3. The molecule has 0 aliphatic carbocycles. The highest BCUT2D eigenvalue weighted by atomic mass is 16.5. The van der Waals surface area contributed by atoms with Gasteiger partial charge in [0.05, 0.1) is 13.1 Å². The lowest BCUT2D eigenvalue weighted by atomic mass is 9.85. The second-order valence-electron chi connectivity index (χ2n) is 10.4. The van der Waals surface area contributed by atoms with Gasteiger partial charge in [-0.15, -0.1) is 0 Å². The van der Waals surface area contributed by atoms with Crippen LogP contribution in [0.2, 0.25) is 0 Å². The molecule has 4 atom stereocenters. The summed E-state index contributed by atoms with van der Waals surface area (Å²) in [5, 5.41) is 33.8. The molecule has 0 saturated carbocycles. The Morgan fingerprint density at radius 2 is 1.95 bits per heavy atom. The van der Waals surface area contributed by atoms with Crippen LogP contribution in [-0.4, -0.2) is 92.0 Å². The number of hydrogen-bond acceptors (Lipinski definition) is 9. The summed E-state index contributed by atoms with van der Waals surface area (Å²) in [7, 11) is 0. The predicted molar refractivity (Wildman–Crippen MR) is 134 cm³/mol. The molecule has 10 N–H and O–H groups in total. The van der Waals surface area contributed by atoms with E-state index in [9.17, 15) is 24.6 Å². The van der Waals surface area contributed by atoms with Crippen molar-refractivity contribution in [1.29, 1.82) is 0 Å². The normalized spacial score (nSPS) is 29.6. The fraction of sp³-hybridized carbons (Fsp3) is 0.400. The topological polar surface area (TPSA) is 200 Å². The summed E-state index contributed by atoms with van der Waals surface area (Å²) >= 11 is 0. The molecule has 38 heavy (non-hydrogen) atoms. The van der Waals surface area contributed by atoms with Crippen LogP contribution in [0.15, 0.2) is 36.4 Å². The van der Waals surface area contributed by atoms with Crippen LogP contribution in [0.4, 0.5) is 0 Å². The Labute approximate surface area is 217 Å². The molecule has 13 nitrogen and oxygen atoms in total. The molecule has 0 radical (unpaired) electrons. The number of hydrogen-bond donors (Lipinski definition) is 8. The van der Waals surface area contributed by atoms with Crippen LogP contribution in [0.25, 0.3) is 10.8 Å². The minimum atomic E-state index is -2.58. The van der Waals surface area contributed by atoms with Gasteiger partial charge in [0.25, 0.3) is 17.4 Å². The highest BCUT2D eigenvalue weighted by molar-refractivity contribution is 6.07. The van der Waals surface area contributed by atoms with E-state index in [-0.39, 0.29) is 49.7 Å². The minimum Gasteiger partial charge on any atom is -0.358 e. The maximum absolute atomic E-state index is 13.5. The average molecular weight is 523 g/mol. The zero-order valence-electron chi connectivity index (χ0n) is 20.7. The molecule has 0 bridgehead atoms. The van der Waals surface area contributed by atoms with Gasteiger partial charge in [0.15, 0.2) is 6.04 Å². The fourth-order valence-electron chi connectivity index (χ4n) is 6.24. The van der Waals surface area contributed by atoms with Crippen LogP contribution in [0.3, 0.4) is 0 Å². The Kier molecular flexibility index (Phi) is 5.16. The van der Waals surface area contributed by atoms with Crippen molar-refractivity contribution in [2.75, 3.05) is 13.1 Å². The molecule has 198 valence electrons. The molecule has 4 heterocycles. The zero-order valence-corrected chi connectivity index (χ0v) is 20.7. The van der Waals surface area contributed by atoms with Gasteiger partial charge in [-0.3, -0.25) is 41.1 Å². The van der Waals surface area contributed by atoms with Gasteiger partial charge in [0.2, 0.25) is 11.8 Å². The molecule has 2 aromatic rings. The number of guanidine groups is 2. The van der Waals surface area contributed by atoms with Crippen LogP contribution < -0.4 is 32.4 Å². The third-order valence-corrected chi connectivity index (χ3v) is 8.07. The van der Waals surface area contributed by atoms with Gasteiger partial charge in [0, 0.05) is 18.4 Å². The number of nitrogens with zero attached hydrogens (tertiary/aromatic N) is 2. The van der Waals surface area contributed by atoms with Gasteiger partial charge in [-0.2, -0.15) is 0 Å². The second kappa shape index (κ2) is 8.13. The SMILES string of the molecule is Cc1ccc2cccc(C(=O)NC3C[N+]4=C(N)N[C@@H](CN5C(=O)CCC5=O)[C@@H]5[NH+]=C(N)N[C@@]54C3(O)O)c2c1. The number of benzene rings is 2. The summed E-state index contributed by atoms with van der Waals surface area (Å²) < 4.78 is 1.51. The van der Waals surface area contributed by atoms with E-state index in [1.54, 1.807) is 12.1 Å². The number of carbonyl (C=O) groups excluding carboxylic acids is 3. The van der Waals surface area contributed by atoms with Crippen molar-refractivity contribution in [3.8, 4) is 0 Å². The summed E-state index contributed by atoms with van der Waals surface area (Å²) in [5.74, 6) is -3.53. The van der Waals surface area contributed by atoms with Gasteiger partial charge in [-0.25, -0.2) is 9.89 Å². The summed E-state index contributed by atoms with van der Waals surface area (Å²) in [6.07, 6.45) is 0.247. The average Bonchev–Trinajstić information content (AvgIpc) is 3.46. The van der Waals surface area contributed by atoms with Crippen molar-refractivity contribution in [3.63, 3.8) is 0 Å². The van der Waals surface area contributed by atoms with E-state index in [4.69, 9.17) is 11.5 Å². The summed E-state index contributed by atoms with van der Waals surface area (Å²) in [6, 6.07) is 8.39. The molecule has 0 aromatic heterocycles. The maximum Gasteiger partial charge on any atom is 0.347 e. The molecule has 1 unspecified atom stereocenters. The molecule has 3 amide bonds. The highest BCUT2D eigenvalue weighted by Gasteiger charge is 2.78. The van der Waals surface area contributed by atoms with Gasteiger partial charge >= 0.3 is 11.9 Å². The minimum absolute atomic E-state index is 0.0525. The molecule has 1 spiro atoms. The molecule has 4 aliphatic heterocycles. The number of nitrogens with two attached hydrogens (primary N) is 2. The molecular weight excluding hydrogens is 492 g/mol. The van der Waals surface area contributed by atoms with Crippen molar-refractivity contribution in [1.82, 2.24) is 20.9 Å². The number of carbonyl (C=O) groups is 3. The maximum atomic E-state index is 13.5. The van der Waals surface area contributed by atoms with E-state index >= 15 is 0 Å². The van der Waals surface area contributed by atoms with Gasteiger partial charge in [-0.05, 0) is 23.8 Å². The Bertz CT molecular complexity index is 1450. The predicted octanol–water partition coefficient (Wildman–Crippen LogP) is -4.55. The molecule has 4 aliphatic rings. The number of fused-ring (bicyclic) bond motifs is 1. The number of likely N-dealkylation sites (tertiary alicyclic amines) is 1. The van der Waals surface area contributed by atoms with Crippen LogP contribution in [0.5, 0.6) is 0 Å². The number of aliphatic hydroxyl groups is 2. The summed E-state index contributed by atoms with van der Waals surface area (Å²) in [5.41, 5.74) is 12.1. The number of imide groups is 1. The lowest BCUT2D eigenvalue weighted by Crippen LogP contribution is -2.92. The molecule has 2 aromatic carbocycles. The first kappa shape index (κ1) is 24.1. The Hall–Kier alpha value is -4.23. The van der Waals surface area contributed by atoms with Gasteiger partial charge < -0.3 is 15.5 Å². The standard InChI is InChI=1S/C25H28N8O5/c1-12-5-6-13-3-2-4-14(15(13)9-12)21(36)29-17-11-33-23(27)28-16(10-32-18(34)7-8-19(32)35)20-24(33,25(17,37)38)31-22(26)30-20/h2-6,9,16-17,20,37-38H,7-8,10-11H2,1H3,(H6,26,27,28,29,30,31,36)/p+2/t16-,17?,20-,24-/m0/s1. The van der Waals surface area contributed by atoms with E-state index < -0.39 is 35.5 Å². The number of aryl methyl sites for hydroxylation is 1. The first-order chi connectivity index (χ1) is 18.0. The van der Waals surface area contributed by atoms with Crippen LogP contribution in [0.1, 0.15) is 28.8 Å². The van der Waals surface area contributed by atoms with Crippen molar-refractivity contribution in [3.05, 3.63) is 47.5 Å². The third kappa shape index (κ3) is 3.28. The van der Waals surface area contributed by atoms with E-state index in [0.717, 1.165) is 21.2 Å². The third-order valence-electron chi connectivity index (χ3n) is 8.07. The Balaban J connectivity index is 1.34. The molecule has 6 rings (SSSR count). The lowest BCUT2D eigenvalue weighted by molar-refractivity contribution is -0.674. The number of rotatable bonds is 4. The Morgan fingerprint density at radius 3 is 2.68 bits per heavy atom. The monoisotopic (exact) mass is 522 g/mol. The lowest BCUT2D eigenvalue weighted by Gasteiger charge is -2.41. The highest BCUT2D eigenvalue weighted by Crippen LogP contribution is 2.38. The first-order valence-corrected chi connectivity index (χ1v) is 12.4. The molecule has 13 heteroatoms. The van der Waals surface area contributed by atoms with E-state index in [1.807, 2.05) is 31.2 Å². The number of nitrogens with one attached hydrogen (secondary N) is 4. The quantitative estimate of drug-likeness (QED) is 0.111. The molecule has 2 saturated heterocycles. The van der Waals surface area contributed by atoms with Gasteiger partial charge in [0.1, 0.15) is 12.1 Å². The molecule has 2 fully saturated rings. The van der Waals surface area contributed by atoms with E-state index in [2.05, 4.69) is 20.9 Å². The van der Waals surface area contributed by atoms with Crippen LogP contribution in [0, 0.1) is 6.92 Å². The van der Waals surface area contributed by atoms with E-state index in [1.165, 1.54) is 4.58 Å². The van der Waals surface area contributed by atoms with Crippen molar-refractivity contribution >= 4 is 40.4 Å².